The van der Waals surface area contributed by atoms with Gasteiger partial charge in [-0.1, -0.05) is 153 Å². The minimum Gasteiger partial charge on any atom is -0.384 e. The van der Waals surface area contributed by atoms with Gasteiger partial charge in [-0.05, 0) is 63.6 Å². The molecule has 1 N–H and O–H groups in total. The van der Waals surface area contributed by atoms with Gasteiger partial charge in [-0.15, -0.1) is 5.10 Å². The van der Waals surface area contributed by atoms with Crippen LogP contribution in [0.1, 0.15) is 73.1 Å². The summed E-state index contributed by atoms with van der Waals surface area (Å²) in [5, 5.41) is 35.0. The fourth-order valence-corrected chi connectivity index (χ4v) is 7.26. The Hall–Kier alpha value is -6.17. The molecule has 2 aromatic heterocycles. The summed E-state index contributed by atoms with van der Waals surface area (Å²) in [5.74, 6) is 1.44. The molecule has 7 rings (SSSR count). The number of rotatable bonds is 12. The van der Waals surface area contributed by atoms with Crippen molar-refractivity contribution in [1.82, 2.24) is 29.8 Å². The molecule has 0 aliphatic heterocycles. The molecule has 258 valence electrons. The molecule has 52 heavy (non-hydrogen) atoms. The Labute approximate surface area is 304 Å². The van der Waals surface area contributed by atoms with Crippen molar-refractivity contribution in [3.8, 4) is 28.6 Å². The lowest BCUT2D eigenvalue weighted by Crippen LogP contribution is -2.39. The molecule has 7 aromatic rings. The maximum absolute atomic E-state index is 11.3. The van der Waals surface area contributed by atoms with Crippen LogP contribution in [0, 0.1) is 11.3 Å². The first-order valence-corrected chi connectivity index (χ1v) is 17.8. The van der Waals surface area contributed by atoms with Crippen LogP contribution in [0.2, 0.25) is 0 Å². The van der Waals surface area contributed by atoms with Gasteiger partial charge >= 0.3 is 0 Å². The Morgan fingerprint density at radius 2 is 1.25 bits per heavy atom. The Kier molecular flexibility index (Phi) is 9.62. The van der Waals surface area contributed by atoms with Crippen LogP contribution >= 0.6 is 0 Å². The Morgan fingerprint density at radius 3 is 1.77 bits per heavy atom. The van der Waals surface area contributed by atoms with Crippen molar-refractivity contribution < 1.29 is 5.11 Å². The first-order valence-electron chi connectivity index (χ1n) is 17.8. The zero-order chi connectivity index (χ0) is 36.1. The van der Waals surface area contributed by atoms with Crippen LogP contribution in [0.4, 0.5) is 0 Å². The third-order valence-corrected chi connectivity index (χ3v) is 9.96. The third-order valence-electron chi connectivity index (χ3n) is 9.96. The summed E-state index contributed by atoms with van der Waals surface area (Å²) in [6, 6.07) is 50.1. The normalized spacial score (nSPS) is 12.7. The van der Waals surface area contributed by atoms with Gasteiger partial charge < -0.3 is 9.67 Å². The maximum atomic E-state index is 11.3. The molecule has 1 atom stereocenters. The zero-order valence-corrected chi connectivity index (χ0v) is 29.7. The van der Waals surface area contributed by atoms with E-state index in [4.69, 9.17) is 10.3 Å². The molecule has 0 radical (unpaired) electrons. The van der Waals surface area contributed by atoms with Crippen LogP contribution in [0.3, 0.4) is 0 Å². The number of aromatic nitrogens is 6. The largest absolute Gasteiger partial charge is 0.384 e. The van der Waals surface area contributed by atoms with Crippen molar-refractivity contribution in [3.05, 3.63) is 179 Å². The highest BCUT2D eigenvalue weighted by Gasteiger charge is 2.42. The number of benzene rings is 5. The van der Waals surface area contributed by atoms with Crippen LogP contribution in [-0.2, 0) is 24.1 Å². The van der Waals surface area contributed by atoms with Crippen LogP contribution in [0.15, 0.2) is 140 Å². The van der Waals surface area contributed by atoms with Gasteiger partial charge in [0, 0.05) is 18.5 Å². The van der Waals surface area contributed by atoms with E-state index < -0.39 is 11.1 Å². The molecule has 2 heterocycles. The quantitative estimate of drug-likeness (QED) is 0.130. The Bertz CT molecular complexity index is 2210. The second-order valence-corrected chi connectivity index (χ2v) is 13.3. The molecule has 0 aliphatic carbocycles. The lowest BCUT2D eigenvalue weighted by molar-refractivity contribution is 0.0445. The van der Waals surface area contributed by atoms with E-state index in [1.165, 1.54) is 0 Å². The first kappa shape index (κ1) is 34.3. The van der Waals surface area contributed by atoms with E-state index in [2.05, 4.69) is 132 Å². The van der Waals surface area contributed by atoms with Gasteiger partial charge in [0.1, 0.15) is 23.0 Å². The summed E-state index contributed by atoms with van der Waals surface area (Å²) in [4.78, 5) is 4.65. The summed E-state index contributed by atoms with van der Waals surface area (Å²) in [5.41, 5.74) is 5.84. The van der Waals surface area contributed by atoms with Crippen molar-refractivity contribution in [1.29, 1.82) is 5.26 Å². The van der Waals surface area contributed by atoms with E-state index in [1.54, 1.807) is 6.92 Å². The van der Waals surface area contributed by atoms with Crippen LogP contribution < -0.4 is 0 Å². The molecular weight excluding hydrogens is 643 g/mol. The summed E-state index contributed by atoms with van der Waals surface area (Å²) in [6.07, 6.45) is 2.06. The number of hydrogen-bond donors (Lipinski definition) is 1. The fraction of sp³-hybridized carbons (Fsp3) is 0.205. The number of nitrogens with zero attached hydrogens (tertiary/aromatic N) is 7. The molecule has 8 nitrogen and oxygen atoms in total. The zero-order valence-electron chi connectivity index (χ0n) is 29.7. The lowest BCUT2D eigenvalue weighted by Gasteiger charge is -2.36. The monoisotopic (exact) mass is 683 g/mol. The number of nitriles is 1. The SMILES string of the molecule is CCCc1nc(C#N)c(C(C)(O)CC)n1Cc1ccc(-c2ccccc2-c2nnnn2C(c2ccccc2)(c2ccccc2)c2ccccc2)cc1. The number of imidazole rings is 1. The third kappa shape index (κ3) is 6.10. The number of aliphatic hydroxyl groups is 1. The highest BCUT2D eigenvalue weighted by atomic mass is 16.3. The number of hydrogen-bond acceptors (Lipinski definition) is 6. The smallest absolute Gasteiger partial charge is 0.184 e. The van der Waals surface area contributed by atoms with E-state index in [0.29, 0.717) is 30.9 Å². The van der Waals surface area contributed by atoms with Gasteiger partial charge in [-0.2, -0.15) is 5.26 Å². The molecular formula is C44H41N7O. The lowest BCUT2D eigenvalue weighted by atomic mass is 9.77. The van der Waals surface area contributed by atoms with Gasteiger partial charge in [0.15, 0.2) is 11.5 Å². The van der Waals surface area contributed by atoms with Crippen molar-refractivity contribution in [2.75, 3.05) is 0 Å². The molecule has 0 bridgehead atoms. The van der Waals surface area contributed by atoms with Crippen LogP contribution in [-0.4, -0.2) is 34.9 Å². The summed E-state index contributed by atoms with van der Waals surface area (Å²) < 4.78 is 3.99. The average molecular weight is 684 g/mol. The highest BCUT2D eigenvalue weighted by molar-refractivity contribution is 5.81. The summed E-state index contributed by atoms with van der Waals surface area (Å²) >= 11 is 0. The first-order chi connectivity index (χ1) is 25.4. The fourth-order valence-electron chi connectivity index (χ4n) is 7.26. The molecule has 0 spiro atoms. The number of tetrazole rings is 1. The Morgan fingerprint density at radius 1 is 0.712 bits per heavy atom. The van der Waals surface area contributed by atoms with Gasteiger partial charge in [0.25, 0.3) is 0 Å². The second kappa shape index (κ2) is 14.6. The van der Waals surface area contributed by atoms with Crippen molar-refractivity contribution in [2.45, 2.75) is 57.7 Å². The van der Waals surface area contributed by atoms with Gasteiger partial charge in [0.05, 0.1) is 5.69 Å². The van der Waals surface area contributed by atoms with Crippen molar-refractivity contribution in [3.63, 3.8) is 0 Å². The molecule has 0 fully saturated rings. The van der Waals surface area contributed by atoms with Gasteiger partial charge in [0.2, 0.25) is 0 Å². The maximum Gasteiger partial charge on any atom is 0.184 e. The molecule has 8 heteroatoms. The van der Waals surface area contributed by atoms with Gasteiger partial charge in [-0.25, -0.2) is 9.67 Å². The number of aryl methyl sites for hydroxylation is 1. The van der Waals surface area contributed by atoms with Crippen LogP contribution in [0.25, 0.3) is 22.5 Å². The molecule has 1 unspecified atom stereocenters. The molecule has 0 saturated heterocycles. The van der Waals surface area contributed by atoms with E-state index in [1.807, 2.05) is 46.5 Å². The van der Waals surface area contributed by atoms with Crippen LogP contribution in [0.5, 0.6) is 0 Å². The van der Waals surface area contributed by atoms with E-state index in [-0.39, 0.29) is 5.69 Å². The standard InChI is InChI=1S/C44H41N7O/c1-4-17-40-46-39(30-45)41(43(3,52)5-2)50(40)31-32-26-28-33(29-27-32)37-24-15-16-25-38(37)42-47-48-49-51(42)44(34-18-9-6-10-19-34,35-20-11-7-12-21-35)36-22-13-8-14-23-36/h6-16,18-29,52H,4-5,17,31H2,1-3H3. The molecule has 0 saturated carbocycles. The van der Waals surface area contributed by atoms with Crippen molar-refractivity contribution >= 4 is 0 Å². The highest BCUT2D eigenvalue weighted by Crippen LogP contribution is 2.43. The summed E-state index contributed by atoms with van der Waals surface area (Å²) in [7, 11) is 0. The Balaban J connectivity index is 1.34. The average Bonchev–Trinajstić information content (AvgIpc) is 3.82. The second-order valence-electron chi connectivity index (χ2n) is 13.3. The van der Waals surface area contributed by atoms with Gasteiger partial charge in [-0.3, -0.25) is 0 Å². The van der Waals surface area contributed by atoms with E-state index >= 15 is 0 Å². The topological polar surface area (TPSA) is 105 Å². The predicted molar refractivity (Wildman–Crippen MR) is 203 cm³/mol. The molecule has 0 aliphatic rings. The van der Waals surface area contributed by atoms with E-state index in [9.17, 15) is 10.4 Å². The minimum atomic E-state index is -1.18. The van der Waals surface area contributed by atoms with E-state index in [0.717, 1.165) is 51.2 Å². The molecule has 5 aromatic carbocycles. The molecule has 0 amide bonds. The minimum absolute atomic E-state index is 0.288. The van der Waals surface area contributed by atoms with Crippen molar-refractivity contribution in [2.24, 2.45) is 0 Å². The predicted octanol–water partition coefficient (Wildman–Crippen LogP) is 8.53. The summed E-state index contributed by atoms with van der Waals surface area (Å²) in [6.45, 7) is 6.26.